The van der Waals surface area contributed by atoms with E-state index in [-0.39, 0.29) is 18.6 Å². The normalized spacial score (nSPS) is 28.8. The SMILES string of the molecule is CC(=O)CCC(=O)N[C@@H]1[C@@H](OC(C)=O)[C@H](F)[C@@H](COC(C)=O)O[C@@H]1O. The summed E-state index contributed by atoms with van der Waals surface area (Å²) in [5, 5.41) is 12.3. The maximum Gasteiger partial charge on any atom is 0.303 e. The lowest BCUT2D eigenvalue weighted by Gasteiger charge is -2.41. The second-order valence-electron chi connectivity index (χ2n) is 5.68. The van der Waals surface area contributed by atoms with Crippen LogP contribution in [-0.4, -0.2) is 66.1 Å². The van der Waals surface area contributed by atoms with Crippen LogP contribution in [0.15, 0.2) is 0 Å². The molecule has 1 saturated heterocycles. The van der Waals surface area contributed by atoms with Gasteiger partial charge in [0.25, 0.3) is 0 Å². The monoisotopic (exact) mass is 363 g/mol. The Morgan fingerprint density at radius 2 is 1.76 bits per heavy atom. The minimum atomic E-state index is -1.95. The third-order valence-electron chi connectivity index (χ3n) is 3.43. The number of aliphatic hydroxyl groups is 1. The van der Waals surface area contributed by atoms with E-state index in [4.69, 9.17) is 9.47 Å². The fourth-order valence-corrected chi connectivity index (χ4v) is 2.27. The van der Waals surface area contributed by atoms with Gasteiger partial charge in [-0.05, 0) is 6.92 Å². The Bertz CT molecular complexity index is 526. The first kappa shape index (κ1) is 21.0. The van der Waals surface area contributed by atoms with Crippen LogP contribution >= 0.6 is 0 Å². The number of ether oxygens (including phenoxy) is 3. The number of esters is 2. The van der Waals surface area contributed by atoms with Crippen molar-refractivity contribution in [3.05, 3.63) is 0 Å². The van der Waals surface area contributed by atoms with E-state index < -0.39 is 55.2 Å². The summed E-state index contributed by atoms with van der Waals surface area (Å²) in [5.41, 5.74) is 0. The molecule has 0 bridgehead atoms. The minimum Gasteiger partial charge on any atom is -0.463 e. The van der Waals surface area contributed by atoms with Crippen LogP contribution in [0.5, 0.6) is 0 Å². The summed E-state index contributed by atoms with van der Waals surface area (Å²) in [6.45, 7) is 2.99. The number of amides is 1. The lowest BCUT2D eigenvalue weighted by Crippen LogP contribution is -2.64. The zero-order valence-electron chi connectivity index (χ0n) is 14.2. The Hall–Kier alpha value is -2.07. The average molecular weight is 363 g/mol. The molecule has 2 N–H and O–H groups in total. The van der Waals surface area contributed by atoms with Crippen molar-refractivity contribution in [2.75, 3.05) is 6.61 Å². The van der Waals surface area contributed by atoms with Crippen molar-refractivity contribution < 1.29 is 42.9 Å². The van der Waals surface area contributed by atoms with Gasteiger partial charge in [-0.15, -0.1) is 0 Å². The molecule has 0 aromatic rings. The molecule has 0 unspecified atom stereocenters. The van der Waals surface area contributed by atoms with Crippen LogP contribution in [0.2, 0.25) is 0 Å². The Kier molecular flexibility index (Phi) is 7.91. The van der Waals surface area contributed by atoms with Crippen LogP contribution in [0, 0.1) is 0 Å². The van der Waals surface area contributed by atoms with Crippen molar-refractivity contribution in [3.63, 3.8) is 0 Å². The van der Waals surface area contributed by atoms with E-state index in [9.17, 15) is 28.7 Å². The van der Waals surface area contributed by atoms with Crippen LogP contribution in [-0.2, 0) is 33.4 Å². The van der Waals surface area contributed by atoms with E-state index in [1.54, 1.807) is 0 Å². The van der Waals surface area contributed by atoms with Gasteiger partial charge in [0.1, 0.15) is 24.5 Å². The predicted molar refractivity (Wildman–Crippen MR) is 79.8 cm³/mol. The number of carbonyl (C=O) groups is 4. The molecule has 142 valence electrons. The van der Waals surface area contributed by atoms with Gasteiger partial charge in [-0.1, -0.05) is 0 Å². The minimum absolute atomic E-state index is 0.0259. The van der Waals surface area contributed by atoms with Crippen LogP contribution < -0.4 is 5.32 Å². The van der Waals surface area contributed by atoms with Gasteiger partial charge in [0.2, 0.25) is 5.91 Å². The molecule has 9 nitrogen and oxygen atoms in total. The van der Waals surface area contributed by atoms with E-state index in [1.807, 2.05) is 0 Å². The molecular formula is C15H22FNO8. The van der Waals surface area contributed by atoms with Crippen molar-refractivity contribution in [1.82, 2.24) is 5.32 Å². The summed E-state index contributed by atoms with van der Waals surface area (Å²) >= 11 is 0. The molecule has 0 saturated carbocycles. The highest BCUT2D eigenvalue weighted by molar-refractivity contribution is 5.83. The number of hydrogen-bond donors (Lipinski definition) is 2. The Morgan fingerprint density at radius 3 is 2.28 bits per heavy atom. The van der Waals surface area contributed by atoms with E-state index in [0.717, 1.165) is 13.8 Å². The van der Waals surface area contributed by atoms with Crippen molar-refractivity contribution in [2.45, 2.75) is 64.3 Å². The summed E-state index contributed by atoms with van der Waals surface area (Å²) in [6.07, 6.45) is -6.75. The average Bonchev–Trinajstić information content (AvgIpc) is 2.50. The summed E-state index contributed by atoms with van der Waals surface area (Å²) in [6, 6.07) is -1.37. The first-order chi connectivity index (χ1) is 11.6. The lowest BCUT2D eigenvalue weighted by atomic mass is 9.97. The van der Waals surface area contributed by atoms with Crippen LogP contribution in [0.3, 0.4) is 0 Å². The number of hydrogen-bond acceptors (Lipinski definition) is 8. The molecule has 0 aromatic heterocycles. The van der Waals surface area contributed by atoms with Crippen molar-refractivity contribution in [1.29, 1.82) is 0 Å². The highest BCUT2D eigenvalue weighted by Gasteiger charge is 2.49. The maximum atomic E-state index is 14.6. The molecule has 1 rings (SSSR count). The number of carbonyl (C=O) groups excluding carboxylic acids is 4. The zero-order valence-corrected chi connectivity index (χ0v) is 14.2. The second-order valence-corrected chi connectivity index (χ2v) is 5.68. The number of nitrogens with one attached hydrogen (secondary N) is 1. The molecule has 1 heterocycles. The van der Waals surface area contributed by atoms with Crippen molar-refractivity contribution in [3.8, 4) is 0 Å². The van der Waals surface area contributed by atoms with Gasteiger partial charge in [0, 0.05) is 26.7 Å². The number of aliphatic hydroxyl groups excluding tert-OH is 1. The summed E-state index contributed by atoms with van der Waals surface area (Å²) in [5.74, 6) is -2.34. The van der Waals surface area contributed by atoms with Gasteiger partial charge in [-0.2, -0.15) is 0 Å². The van der Waals surface area contributed by atoms with Crippen LogP contribution in [0.1, 0.15) is 33.6 Å². The molecule has 5 atom stereocenters. The van der Waals surface area contributed by atoms with Gasteiger partial charge in [-0.25, -0.2) is 4.39 Å². The highest BCUT2D eigenvalue weighted by atomic mass is 19.1. The van der Waals surface area contributed by atoms with Gasteiger partial charge in [0.15, 0.2) is 18.6 Å². The summed E-state index contributed by atoms with van der Waals surface area (Å²) in [7, 11) is 0. The number of Topliss-reactive ketones (excluding diaryl/α,β-unsaturated/α-hetero) is 1. The first-order valence-electron chi connectivity index (χ1n) is 7.68. The molecule has 1 aliphatic heterocycles. The Balaban J connectivity index is 2.83. The molecule has 0 radical (unpaired) electrons. The van der Waals surface area contributed by atoms with Gasteiger partial charge < -0.3 is 29.4 Å². The van der Waals surface area contributed by atoms with E-state index in [1.165, 1.54) is 6.92 Å². The fourth-order valence-electron chi connectivity index (χ4n) is 2.27. The molecular weight excluding hydrogens is 341 g/mol. The number of halogens is 1. The second kappa shape index (κ2) is 9.42. The summed E-state index contributed by atoms with van der Waals surface area (Å²) < 4.78 is 29.2. The van der Waals surface area contributed by atoms with Crippen molar-refractivity contribution >= 4 is 23.6 Å². The van der Waals surface area contributed by atoms with E-state index in [2.05, 4.69) is 10.1 Å². The summed E-state index contributed by atoms with van der Waals surface area (Å²) in [4.78, 5) is 44.8. The Labute approximate surface area is 143 Å². The third kappa shape index (κ3) is 6.75. The van der Waals surface area contributed by atoms with Gasteiger partial charge in [-0.3, -0.25) is 14.4 Å². The van der Waals surface area contributed by atoms with Gasteiger partial charge in [0.05, 0.1) is 0 Å². The fraction of sp³-hybridized carbons (Fsp3) is 0.733. The number of ketones is 1. The molecule has 0 spiro atoms. The van der Waals surface area contributed by atoms with Crippen molar-refractivity contribution in [2.24, 2.45) is 0 Å². The Morgan fingerprint density at radius 1 is 1.12 bits per heavy atom. The smallest absolute Gasteiger partial charge is 0.303 e. The largest absolute Gasteiger partial charge is 0.463 e. The molecule has 10 heteroatoms. The molecule has 0 aromatic carbocycles. The molecule has 1 aliphatic rings. The van der Waals surface area contributed by atoms with E-state index >= 15 is 0 Å². The third-order valence-corrected chi connectivity index (χ3v) is 3.43. The maximum absolute atomic E-state index is 14.6. The molecule has 0 aliphatic carbocycles. The standard InChI is InChI=1S/C15H22FNO8/c1-7(18)4-5-11(21)17-13-14(24-9(3)20)12(16)10(25-15(13)22)6-23-8(2)19/h10,12-15,22H,4-6H2,1-3H3,(H,17,21)/t10-,12-,13-,14+,15+/m1/s1. The number of alkyl halides is 1. The first-order valence-corrected chi connectivity index (χ1v) is 7.68. The topological polar surface area (TPSA) is 128 Å². The predicted octanol–water partition coefficient (Wildman–Crippen LogP) is -0.609. The highest BCUT2D eigenvalue weighted by Crippen LogP contribution is 2.25. The number of rotatable bonds is 7. The van der Waals surface area contributed by atoms with Crippen LogP contribution in [0.25, 0.3) is 0 Å². The van der Waals surface area contributed by atoms with Gasteiger partial charge >= 0.3 is 11.9 Å². The quantitative estimate of drug-likeness (QED) is 0.573. The molecule has 1 amide bonds. The molecule has 1 fully saturated rings. The zero-order chi connectivity index (χ0) is 19.1. The van der Waals surface area contributed by atoms with E-state index in [0.29, 0.717) is 0 Å². The van der Waals surface area contributed by atoms with Crippen LogP contribution in [0.4, 0.5) is 4.39 Å². The lowest BCUT2D eigenvalue weighted by molar-refractivity contribution is -0.247. The molecule has 25 heavy (non-hydrogen) atoms.